The van der Waals surface area contributed by atoms with E-state index in [0.717, 1.165) is 10.5 Å². The molecular formula is C26H31ClN2O6S. The Hall–Kier alpha value is -2.91. The van der Waals surface area contributed by atoms with Crippen LogP contribution in [0.15, 0.2) is 47.4 Å². The van der Waals surface area contributed by atoms with Gasteiger partial charge in [0.2, 0.25) is 0 Å². The minimum Gasteiger partial charge on any atom is -0.497 e. The number of carbonyl (C=O) groups excluding carboxylic acids is 3. The van der Waals surface area contributed by atoms with Gasteiger partial charge >= 0.3 is 12.1 Å². The normalized spacial score (nSPS) is 17.6. The SMILES string of the molecule is COc1ccc([C@H]2Sc3cc(Cl)ccc3N(CCN(C)C(=O)OC(C)(C)C)C(=O)[C@H]2OC(C)=O)cc1. The molecule has 1 aliphatic heterocycles. The average Bonchev–Trinajstić information content (AvgIpc) is 2.90. The predicted octanol–water partition coefficient (Wildman–Crippen LogP) is 5.33. The molecule has 0 saturated carbocycles. The third kappa shape index (κ3) is 6.85. The van der Waals surface area contributed by atoms with Gasteiger partial charge < -0.3 is 24.0 Å². The highest BCUT2D eigenvalue weighted by Gasteiger charge is 2.41. The van der Waals surface area contributed by atoms with E-state index < -0.39 is 34.9 Å². The van der Waals surface area contributed by atoms with Crippen molar-refractivity contribution in [2.75, 3.05) is 32.1 Å². The summed E-state index contributed by atoms with van der Waals surface area (Å²) in [5.74, 6) is -0.289. The van der Waals surface area contributed by atoms with Crippen LogP contribution in [0.5, 0.6) is 5.75 Å². The van der Waals surface area contributed by atoms with Crippen LogP contribution in [0.4, 0.5) is 10.5 Å². The first-order valence-corrected chi connectivity index (χ1v) is 12.7. The van der Waals surface area contributed by atoms with Crippen molar-refractivity contribution in [3.05, 3.63) is 53.1 Å². The Labute approximate surface area is 220 Å². The number of hydrogen-bond acceptors (Lipinski definition) is 7. The molecular weight excluding hydrogens is 504 g/mol. The monoisotopic (exact) mass is 534 g/mol. The molecule has 0 saturated heterocycles. The van der Waals surface area contributed by atoms with Gasteiger partial charge in [0.15, 0.2) is 6.10 Å². The molecule has 0 fully saturated rings. The van der Waals surface area contributed by atoms with Crippen molar-refractivity contribution in [2.45, 2.75) is 49.5 Å². The lowest BCUT2D eigenvalue weighted by Gasteiger charge is -2.30. The van der Waals surface area contributed by atoms with E-state index in [1.54, 1.807) is 65.3 Å². The van der Waals surface area contributed by atoms with Gasteiger partial charge in [-0.2, -0.15) is 0 Å². The highest BCUT2D eigenvalue weighted by Crippen LogP contribution is 2.47. The number of hydrogen-bond donors (Lipinski definition) is 0. The van der Waals surface area contributed by atoms with Gasteiger partial charge in [0.05, 0.1) is 18.0 Å². The zero-order valence-corrected chi connectivity index (χ0v) is 22.8. The van der Waals surface area contributed by atoms with Gasteiger partial charge in [-0.15, -0.1) is 11.8 Å². The number of carbonyl (C=O) groups is 3. The standard InChI is InChI=1S/C26H31ClN2O6S/c1-16(30)34-22-23(17-7-10-19(33-6)11-8-17)36-21-15-18(27)9-12-20(21)29(24(22)31)14-13-28(5)25(32)35-26(2,3)4/h7-12,15,22-23H,13-14H2,1-6H3/t22-,23+/m0/s1. The van der Waals surface area contributed by atoms with Crippen molar-refractivity contribution < 1.29 is 28.6 Å². The summed E-state index contributed by atoms with van der Waals surface area (Å²) in [6.45, 7) is 7.01. The van der Waals surface area contributed by atoms with Crippen LogP contribution < -0.4 is 9.64 Å². The molecule has 2 amide bonds. The first-order valence-electron chi connectivity index (χ1n) is 11.4. The maximum absolute atomic E-state index is 13.9. The second kappa shape index (κ2) is 11.4. The average molecular weight is 535 g/mol. The van der Waals surface area contributed by atoms with Crippen LogP contribution in [0.2, 0.25) is 5.02 Å². The van der Waals surface area contributed by atoms with Gasteiger partial charge in [0.25, 0.3) is 5.91 Å². The smallest absolute Gasteiger partial charge is 0.410 e. The van der Waals surface area contributed by atoms with Gasteiger partial charge in [-0.25, -0.2) is 4.79 Å². The van der Waals surface area contributed by atoms with Crippen molar-refractivity contribution in [1.82, 2.24) is 4.90 Å². The molecule has 0 N–H and O–H groups in total. The largest absolute Gasteiger partial charge is 0.497 e. The van der Waals surface area contributed by atoms with Crippen molar-refractivity contribution in [3.8, 4) is 5.75 Å². The molecule has 2 atom stereocenters. The summed E-state index contributed by atoms with van der Waals surface area (Å²) in [5.41, 5.74) is 0.773. The fraction of sp³-hybridized carbons (Fsp3) is 0.423. The van der Waals surface area contributed by atoms with Crippen LogP contribution in [-0.2, 0) is 19.1 Å². The molecule has 3 rings (SSSR count). The molecule has 0 radical (unpaired) electrons. The van der Waals surface area contributed by atoms with Gasteiger partial charge in [-0.05, 0) is 56.7 Å². The van der Waals surface area contributed by atoms with Crippen LogP contribution >= 0.6 is 23.4 Å². The quantitative estimate of drug-likeness (QED) is 0.463. The zero-order valence-electron chi connectivity index (χ0n) is 21.2. The Bertz CT molecular complexity index is 1120. The number of rotatable bonds is 6. The number of nitrogens with zero attached hydrogens (tertiary/aromatic N) is 2. The van der Waals surface area contributed by atoms with Gasteiger partial charge in [0.1, 0.15) is 11.4 Å². The zero-order chi connectivity index (χ0) is 26.6. The first-order chi connectivity index (χ1) is 16.9. The molecule has 0 unspecified atom stereocenters. The number of esters is 1. The number of fused-ring (bicyclic) bond motifs is 1. The van der Waals surface area contributed by atoms with Gasteiger partial charge in [0, 0.05) is 37.0 Å². The number of methoxy groups -OCH3 is 1. The summed E-state index contributed by atoms with van der Waals surface area (Å²) in [5, 5.41) is -0.0166. The van der Waals surface area contributed by atoms with E-state index in [2.05, 4.69) is 0 Å². The number of amides is 2. The predicted molar refractivity (Wildman–Crippen MR) is 140 cm³/mol. The molecule has 2 aromatic carbocycles. The lowest BCUT2D eigenvalue weighted by atomic mass is 10.1. The minimum atomic E-state index is -1.10. The van der Waals surface area contributed by atoms with Crippen LogP contribution in [0.25, 0.3) is 0 Å². The summed E-state index contributed by atoms with van der Waals surface area (Å²) in [6, 6.07) is 12.5. The maximum atomic E-state index is 13.9. The second-order valence-corrected chi connectivity index (χ2v) is 11.0. The minimum absolute atomic E-state index is 0.164. The number of ether oxygens (including phenoxy) is 3. The molecule has 194 valence electrons. The van der Waals surface area contributed by atoms with E-state index in [9.17, 15) is 14.4 Å². The molecule has 0 aliphatic carbocycles. The number of benzene rings is 2. The summed E-state index contributed by atoms with van der Waals surface area (Å²) in [4.78, 5) is 42.1. The van der Waals surface area contributed by atoms with E-state index in [1.165, 1.54) is 28.5 Å². The lowest BCUT2D eigenvalue weighted by molar-refractivity contribution is -0.152. The van der Waals surface area contributed by atoms with Crippen molar-refractivity contribution >= 4 is 47.0 Å². The van der Waals surface area contributed by atoms with E-state index in [1.807, 2.05) is 12.1 Å². The van der Waals surface area contributed by atoms with Crippen LogP contribution in [0, 0.1) is 0 Å². The molecule has 10 heteroatoms. The van der Waals surface area contributed by atoms with Crippen LogP contribution in [0.1, 0.15) is 38.5 Å². The van der Waals surface area contributed by atoms with E-state index >= 15 is 0 Å². The number of anilines is 1. The summed E-state index contributed by atoms with van der Waals surface area (Å²) >= 11 is 7.70. The highest BCUT2D eigenvalue weighted by molar-refractivity contribution is 7.99. The molecule has 0 aromatic heterocycles. The Morgan fingerprint density at radius 1 is 1.14 bits per heavy atom. The van der Waals surface area contributed by atoms with Crippen LogP contribution in [0.3, 0.4) is 0 Å². The number of likely N-dealkylation sites (N-methyl/N-ethyl adjacent to an activating group) is 1. The third-order valence-corrected chi connectivity index (χ3v) is 6.94. The maximum Gasteiger partial charge on any atom is 0.410 e. The highest BCUT2D eigenvalue weighted by atomic mass is 35.5. The molecule has 36 heavy (non-hydrogen) atoms. The summed E-state index contributed by atoms with van der Waals surface area (Å²) < 4.78 is 16.3. The van der Waals surface area contributed by atoms with Gasteiger partial charge in [-0.3, -0.25) is 9.59 Å². The van der Waals surface area contributed by atoms with E-state index in [0.29, 0.717) is 16.5 Å². The van der Waals surface area contributed by atoms with Crippen molar-refractivity contribution in [3.63, 3.8) is 0 Å². The topological polar surface area (TPSA) is 85.4 Å². The van der Waals surface area contributed by atoms with Crippen LogP contribution in [-0.4, -0.2) is 61.8 Å². The molecule has 1 aliphatic rings. The lowest BCUT2D eigenvalue weighted by Crippen LogP contribution is -2.46. The van der Waals surface area contributed by atoms with E-state index in [4.69, 9.17) is 25.8 Å². The molecule has 8 nitrogen and oxygen atoms in total. The number of halogens is 1. The van der Waals surface area contributed by atoms with E-state index in [-0.39, 0.29) is 13.1 Å². The fourth-order valence-corrected chi connectivity index (χ4v) is 5.24. The fourth-order valence-electron chi connectivity index (χ4n) is 3.64. The Morgan fingerprint density at radius 3 is 2.39 bits per heavy atom. The Kier molecular flexibility index (Phi) is 8.79. The summed E-state index contributed by atoms with van der Waals surface area (Å²) in [6.07, 6.45) is -1.60. The molecule has 1 heterocycles. The van der Waals surface area contributed by atoms with Crippen molar-refractivity contribution in [1.29, 1.82) is 0 Å². The molecule has 0 spiro atoms. The second-order valence-electron chi connectivity index (χ2n) is 9.35. The summed E-state index contributed by atoms with van der Waals surface area (Å²) in [7, 11) is 3.18. The Balaban J connectivity index is 1.98. The molecule has 2 aromatic rings. The molecule has 0 bridgehead atoms. The van der Waals surface area contributed by atoms with Gasteiger partial charge in [-0.1, -0.05) is 23.7 Å². The first kappa shape index (κ1) is 27.7. The van der Waals surface area contributed by atoms with Crippen molar-refractivity contribution in [2.24, 2.45) is 0 Å². The third-order valence-electron chi connectivity index (χ3n) is 5.35. The Morgan fingerprint density at radius 2 is 1.81 bits per heavy atom. The number of thioether (sulfide) groups is 1.